The number of carbonyl (C=O) groups is 1. The Morgan fingerprint density at radius 2 is 2.08 bits per heavy atom. The van der Waals surface area contributed by atoms with Crippen molar-refractivity contribution in [2.24, 2.45) is 0 Å². The molecule has 2 heterocycles. The minimum Gasteiger partial charge on any atom is -0.421 e. The molecule has 132 valence electrons. The number of nitrogens with zero attached hydrogens (tertiary/aromatic N) is 3. The van der Waals surface area contributed by atoms with E-state index in [2.05, 4.69) is 10.2 Å². The number of aromatic nitrogens is 2. The second-order valence-corrected chi connectivity index (χ2v) is 6.72. The molecule has 6 heteroatoms. The number of carbonyl (C=O) groups excluding carboxylic acids is 1. The summed E-state index contributed by atoms with van der Waals surface area (Å²) in [7, 11) is 0. The van der Waals surface area contributed by atoms with E-state index in [1.165, 1.54) is 0 Å². The third-order valence-electron chi connectivity index (χ3n) is 5.07. The van der Waals surface area contributed by atoms with Gasteiger partial charge in [-0.05, 0) is 37.8 Å². The molecular weight excluding hydrogens is 318 g/mol. The lowest BCUT2D eigenvalue weighted by Gasteiger charge is -2.37. The summed E-state index contributed by atoms with van der Waals surface area (Å²) >= 11 is 0. The lowest BCUT2D eigenvalue weighted by atomic mass is 10.1. The van der Waals surface area contributed by atoms with Crippen molar-refractivity contribution in [2.45, 2.75) is 50.7 Å². The van der Waals surface area contributed by atoms with E-state index in [4.69, 9.17) is 9.15 Å². The van der Waals surface area contributed by atoms with Crippen LogP contribution in [-0.4, -0.2) is 46.3 Å². The van der Waals surface area contributed by atoms with Crippen LogP contribution in [0.4, 0.5) is 0 Å². The first-order valence-corrected chi connectivity index (χ1v) is 9.10. The molecule has 4 rings (SSSR count). The molecule has 2 atom stereocenters. The van der Waals surface area contributed by atoms with Gasteiger partial charge in [-0.2, -0.15) is 0 Å². The van der Waals surface area contributed by atoms with E-state index < -0.39 is 0 Å². The van der Waals surface area contributed by atoms with E-state index in [0.717, 1.165) is 37.8 Å². The van der Waals surface area contributed by atoms with Crippen LogP contribution >= 0.6 is 0 Å². The molecule has 1 aromatic carbocycles. The smallest absolute Gasteiger partial charge is 0.247 e. The zero-order chi connectivity index (χ0) is 17.1. The summed E-state index contributed by atoms with van der Waals surface area (Å²) < 4.78 is 11.5. The van der Waals surface area contributed by atoms with Crippen LogP contribution in [0.2, 0.25) is 0 Å². The van der Waals surface area contributed by atoms with Gasteiger partial charge in [-0.3, -0.25) is 4.79 Å². The molecule has 0 radical (unpaired) electrons. The number of ether oxygens (including phenoxy) is 1. The molecule has 1 amide bonds. The van der Waals surface area contributed by atoms with Gasteiger partial charge < -0.3 is 14.1 Å². The molecule has 1 aromatic heterocycles. The van der Waals surface area contributed by atoms with Crippen LogP contribution in [0, 0.1) is 0 Å². The van der Waals surface area contributed by atoms with E-state index in [1.807, 2.05) is 35.2 Å². The Morgan fingerprint density at radius 1 is 1.20 bits per heavy atom. The summed E-state index contributed by atoms with van der Waals surface area (Å²) in [5.41, 5.74) is 0.915. The summed E-state index contributed by atoms with van der Waals surface area (Å²) in [4.78, 5) is 14.6. The number of hydrogen-bond donors (Lipinski definition) is 0. The third kappa shape index (κ3) is 3.58. The molecule has 0 unspecified atom stereocenters. The van der Waals surface area contributed by atoms with Crippen LogP contribution in [0.25, 0.3) is 11.5 Å². The van der Waals surface area contributed by atoms with E-state index in [-0.39, 0.29) is 18.1 Å². The first-order chi connectivity index (χ1) is 12.3. The van der Waals surface area contributed by atoms with Crippen LogP contribution in [-0.2, 0) is 16.0 Å². The van der Waals surface area contributed by atoms with Crippen molar-refractivity contribution in [3.8, 4) is 11.5 Å². The first-order valence-electron chi connectivity index (χ1n) is 9.10. The third-order valence-corrected chi connectivity index (χ3v) is 5.07. The number of hydrogen-bond acceptors (Lipinski definition) is 5. The van der Waals surface area contributed by atoms with Crippen LogP contribution in [0.15, 0.2) is 34.7 Å². The van der Waals surface area contributed by atoms with Gasteiger partial charge in [-0.1, -0.05) is 18.2 Å². The zero-order valence-corrected chi connectivity index (χ0v) is 14.3. The molecule has 0 spiro atoms. The Morgan fingerprint density at radius 3 is 2.96 bits per heavy atom. The SMILES string of the molecule is O=C(CCCc1nnc(-c2ccccc2)o1)N1CCO[C@@H]2CCC[C@H]21. The van der Waals surface area contributed by atoms with Gasteiger partial charge in [0.1, 0.15) is 0 Å². The van der Waals surface area contributed by atoms with Crippen LogP contribution in [0.1, 0.15) is 38.0 Å². The van der Waals surface area contributed by atoms with E-state index in [1.54, 1.807) is 0 Å². The Kier molecular flexibility index (Phi) is 4.78. The van der Waals surface area contributed by atoms with Crippen LogP contribution in [0.5, 0.6) is 0 Å². The highest BCUT2D eigenvalue weighted by atomic mass is 16.5. The molecule has 0 N–H and O–H groups in total. The molecule has 1 saturated heterocycles. The number of benzene rings is 1. The minimum absolute atomic E-state index is 0.225. The van der Waals surface area contributed by atoms with E-state index in [0.29, 0.717) is 31.2 Å². The Hall–Kier alpha value is -2.21. The molecular formula is C19H23N3O3. The number of fused-ring (bicyclic) bond motifs is 1. The van der Waals surface area contributed by atoms with Gasteiger partial charge in [0.2, 0.25) is 17.7 Å². The fraction of sp³-hybridized carbons (Fsp3) is 0.526. The van der Waals surface area contributed by atoms with Gasteiger partial charge in [0.15, 0.2) is 0 Å². The molecule has 6 nitrogen and oxygen atoms in total. The Bertz CT molecular complexity index is 716. The number of rotatable bonds is 5. The molecule has 2 aromatic rings. The average Bonchev–Trinajstić information content (AvgIpc) is 3.31. The monoisotopic (exact) mass is 341 g/mol. The van der Waals surface area contributed by atoms with Crippen molar-refractivity contribution in [1.29, 1.82) is 0 Å². The van der Waals surface area contributed by atoms with Gasteiger partial charge in [0, 0.05) is 24.9 Å². The predicted octanol–water partition coefficient (Wildman–Crippen LogP) is 2.84. The number of aryl methyl sites for hydroxylation is 1. The summed E-state index contributed by atoms with van der Waals surface area (Å²) in [5, 5.41) is 8.18. The molecule has 2 aliphatic rings. The lowest BCUT2D eigenvalue weighted by Crippen LogP contribution is -2.51. The number of morpholine rings is 1. The fourth-order valence-corrected chi connectivity index (χ4v) is 3.82. The summed E-state index contributed by atoms with van der Waals surface area (Å²) in [6.45, 7) is 1.38. The maximum Gasteiger partial charge on any atom is 0.247 e. The van der Waals surface area contributed by atoms with Crippen LogP contribution < -0.4 is 0 Å². The van der Waals surface area contributed by atoms with Gasteiger partial charge in [-0.15, -0.1) is 10.2 Å². The van der Waals surface area contributed by atoms with Crippen molar-refractivity contribution >= 4 is 5.91 Å². The van der Waals surface area contributed by atoms with Gasteiger partial charge in [0.25, 0.3) is 0 Å². The molecule has 25 heavy (non-hydrogen) atoms. The Labute approximate surface area is 147 Å². The standard InChI is InChI=1S/C19H23N3O3/c23-18(22-12-13-24-16-9-4-8-15(16)22)11-5-10-17-20-21-19(25-17)14-6-2-1-3-7-14/h1-3,6-7,15-16H,4-5,8-13H2/t15-,16-/m1/s1. The highest BCUT2D eigenvalue weighted by Crippen LogP contribution is 2.30. The van der Waals surface area contributed by atoms with Crippen LogP contribution in [0.3, 0.4) is 0 Å². The molecule has 1 saturated carbocycles. The predicted molar refractivity (Wildman–Crippen MR) is 91.8 cm³/mol. The minimum atomic E-state index is 0.225. The largest absolute Gasteiger partial charge is 0.421 e. The van der Waals surface area contributed by atoms with Crippen molar-refractivity contribution in [2.75, 3.05) is 13.2 Å². The van der Waals surface area contributed by atoms with Crippen molar-refractivity contribution in [1.82, 2.24) is 15.1 Å². The topological polar surface area (TPSA) is 68.5 Å². The quantitative estimate of drug-likeness (QED) is 0.836. The lowest BCUT2D eigenvalue weighted by molar-refractivity contribution is -0.144. The van der Waals surface area contributed by atoms with Gasteiger partial charge in [-0.25, -0.2) is 0 Å². The molecule has 2 fully saturated rings. The highest BCUT2D eigenvalue weighted by Gasteiger charge is 2.37. The second-order valence-electron chi connectivity index (χ2n) is 6.72. The summed E-state index contributed by atoms with van der Waals surface area (Å²) in [6.07, 6.45) is 5.44. The number of amides is 1. The average molecular weight is 341 g/mol. The maximum absolute atomic E-state index is 12.6. The maximum atomic E-state index is 12.6. The Balaban J connectivity index is 1.29. The summed E-state index contributed by atoms with van der Waals surface area (Å²) in [5.74, 6) is 1.35. The molecule has 1 aliphatic heterocycles. The van der Waals surface area contributed by atoms with Gasteiger partial charge in [0.05, 0.1) is 18.8 Å². The first kappa shape index (κ1) is 16.3. The van der Waals surface area contributed by atoms with E-state index >= 15 is 0 Å². The normalized spacial score (nSPS) is 22.8. The highest BCUT2D eigenvalue weighted by molar-refractivity contribution is 5.76. The summed E-state index contributed by atoms with van der Waals surface area (Å²) in [6, 6.07) is 10.0. The fourth-order valence-electron chi connectivity index (χ4n) is 3.82. The molecule has 1 aliphatic carbocycles. The zero-order valence-electron chi connectivity index (χ0n) is 14.3. The van der Waals surface area contributed by atoms with E-state index in [9.17, 15) is 4.79 Å². The molecule has 0 bridgehead atoms. The van der Waals surface area contributed by atoms with Crippen molar-refractivity contribution < 1.29 is 13.9 Å². The second kappa shape index (κ2) is 7.35. The van der Waals surface area contributed by atoms with Gasteiger partial charge >= 0.3 is 0 Å². The van der Waals surface area contributed by atoms with Crippen molar-refractivity contribution in [3.05, 3.63) is 36.2 Å². The van der Waals surface area contributed by atoms with Crippen molar-refractivity contribution in [3.63, 3.8) is 0 Å².